The number of hydrogen-bond acceptors (Lipinski definition) is 9. The maximum absolute atomic E-state index is 17.7. The number of carbonyl (C=O) groups is 1. The second-order valence-corrected chi connectivity index (χ2v) is 22.2. The third-order valence-electron chi connectivity index (χ3n) is 12.7. The number of fused-ring (bicyclic) bond motifs is 7. The molecule has 58 heavy (non-hydrogen) atoms. The molecule has 2 fully saturated rings. The van der Waals surface area contributed by atoms with E-state index in [4.69, 9.17) is 19.5 Å². The Labute approximate surface area is 335 Å². The number of hydrogen-bond donors (Lipinski definition) is 1. The third kappa shape index (κ3) is 5.66. The molecule has 12 nitrogen and oxygen atoms in total. The molecule has 1 amide bonds. The highest BCUT2D eigenvalue weighted by Gasteiger charge is 2.53. The largest absolute Gasteiger partial charge is 0.472 e. The molecular formula is C43H44F2N8O4Si. The second kappa shape index (κ2) is 13.9. The molecule has 2 bridgehead atoms. The van der Waals surface area contributed by atoms with E-state index in [9.17, 15) is 9.90 Å². The molecule has 0 aliphatic carbocycles. The molecule has 3 aliphatic rings. The first kappa shape index (κ1) is 37.7. The summed E-state index contributed by atoms with van der Waals surface area (Å²) >= 11 is 0. The Kier molecular flexibility index (Phi) is 9.03. The molecule has 0 radical (unpaired) electrons. The van der Waals surface area contributed by atoms with Gasteiger partial charge in [-0.2, -0.15) is 9.97 Å². The quantitative estimate of drug-likeness (QED) is 0.129. The number of pyridine rings is 1. The van der Waals surface area contributed by atoms with Gasteiger partial charge < -0.3 is 19.6 Å². The highest BCUT2D eigenvalue weighted by molar-refractivity contribution is 6.90. The number of para-hydroxylation sites is 1. The van der Waals surface area contributed by atoms with Crippen LogP contribution >= 0.6 is 0 Å². The van der Waals surface area contributed by atoms with E-state index in [0.29, 0.717) is 69.2 Å². The van der Waals surface area contributed by atoms with Crippen molar-refractivity contribution in [3.63, 3.8) is 0 Å². The number of anilines is 1. The first-order valence-corrected chi connectivity index (χ1v) is 22.1. The zero-order chi connectivity index (χ0) is 40.8. The number of rotatable bonds is 6. The van der Waals surface area contributed by atoms with Crippen LogP contribution in [0.5, 0.6) is 11.9 Å². The van der Waals surface area contributed by atoms with E-state index < -0.39 is 44.0 Å². The summed E-state index contributed by atoms with van der Waals surface area (Å²) in [6.07, 6.45) is -0.321. The number of nitrogens with zero attached hydrogens (tertiary/aromatic N) is 8. The summed E-state index contributed by atoms with van der Waals surface area (Å²) in [5, 5.41) is 19.9. The lowest BCUT2D eigenvalue weighted by Crippen LogP contribution is -2.64. The molecule has 3 aromatic heterocycles. The van der Waals surface area contributed by atoms with Gasteiger partial charge in [-0.05, 0) is 65.2 Å². The predicted octanol–water partition coefficient (Wildman–Crippen LogP) is 8.76. The lowest BCUT2D eigenvalue weighted by Gasteiger charge is -2.47. The molecule has 4 atom stereocenters. The summed E-state index contributed by atoms with van der Waals surface area (Å²) < 4.78 is 40.6. The summed E-state index contributed by atoms with van der Waals surface area (Å²) in [5.41, 5.74) is 5.98. The molecule has 0 spiro atoms. The van der Waals surface area contributed by atoms with Gasteiger partial charge in [-0.3, -0.25) is 4.90 Å². The minimum atomic E-state index is -2.30. The highest BCUT2D eigenvalue weighted by atomic mass is 28.3. The molecule has 6 aromatic rings. The van der Waals surface area contributed by atoms with E-state index in [0.717, 1.165) is 0 Å². The number of halogens is 2. The predicted molar refractivity (Wildman–Crippen MR) is 220 cm³/mol. The first-order valence-electron chi connectivity index (χ1n) is 19.9. The Morgan fingerprint density at radius 2 is 1.71 bits per heavy atom. The van der Waals surface area contributed by atoms with Crippen molar-refractivity contribution >= 4 is 52.7 Å². The zero-order valence-corrected chi connectivity index (χ0v) is 34.4. The van der Waals surface area contributed by atoms with E-state index in [1.807, 2.05) is 30.0 Å². The number of amides is 1. The Morgan fingerprint density at radius 3 is 2.45 bits per heavy atom. The molecule has 15 heteroatoms. The molecule has 3 aromatic carbocycles. The van der Waals surface area contributed by atoms with Crippen molar-refractivity contribution in [1.29, 1.82) is 0 Å². The van der Waals surface area contributed by atoms with Crippen molar-refractivity contribution in [3.05, 3.63) is 71.8 Å². The molecule has 1 N–H and O–H groups in total. The normalized spacial score (nSPS) is 20.1. The van der Waals surface area contributed by atoms with Crippen molar-refractivity contribution in [2.45, 2.75) is 102 Å². The number of ether oxygens (including phenoxy) is 1. The van der Waals surface area contributed by atoms with Crippen molar-refractivity contribution in [2.24, 2.45) is 0 Å². The number of benzene rings is 3. The summed E-state index contributed by atoms with van der Waals surface area (Å²) in [6, 6.07) is 14.2. The van der Waals surface area contributed by atoms with Crippen LogP contribution < -0.4 is 14.5 Å². The average molecular weight is 803 g/mol. The Hall–Kier alpha value is -5.88. The van der Waals surface area contributed by atoms with Gasteiger partial charge in [0.25, 0.3) is 0 Å². The molecule has 2 saturated heterocycles. The molecule has 6 heterocycles. The molecular weight excluding hydrogens is 759 g/mol. The van der Waals surface area contributed by atoms with Gasteiger partial charge in [-0.15, -0.1) is 10.6 Å². The Balaban J connectivity index is 1.29. The second-order valence-electron chi connectivity index (χ2n) is 16.6. The van der Waals surface area contributed by atoms with E-state index in [2.05, 4.69) is 68.3 Å². The standard InChI is InChI=1S/C43H44F2N8O4Si/c1-22(2)58(23(3)4,24(5)6)20-19-28-30(44)17-15-26-11-10-12-29(34(26)28)37-36(45)38-35-40(48-42(47-38)57-53-32-14-9-8-13-31(32)49-50-53)51-21-27-16-18-33(52(27)43(54)55)39(51)25(7)56-41(35)46-37/h8-15,17,22-25,27,33,39H,16,18,21H2,1-7H3,(H,54,55). The van der Waals surface area contributed by atoms with Crippen LogP contribution in [0.1, 0.15) is 66.9 Å². The maximum Gasteiger partial charge on any atom is 0.407 e. The van der Waals surface area contributed by atoms with Crippen molar-refractivity contribution < 1.29 is 28.3 Å². The lowest BCUT2D eigenvalue weighted by atomic mass is 9.96. The van der Waals surface area contributed by atoms with Gasteiger partial charge in [-0.1, -0.05) is 88.7 Å². The molecule has 4 unspecified atom stereocenters. The van der Waals surface area contributed by atoms with E-state index in [-0.39, 0.29) is 40.1 Å². The van der Waals surface area contributed by atoms with Crippen LogP contribution in [0.2, 0.25) is 16.6 Å². The van der Waals surface area contributed by atoms with Crippen LogP contribution in [-0.2, 0) is 0 Å². The smallest absolute Gasteiger partial charge is 0.407 e. The fourth-order valence-corrected chi connectivity index (χ4v) is 15.4. The van der Waals surface area contributed by atoms with Crippen molar-refractivity contribution in [2.75, 3.05) is 11.4 Å². The number of aromatic nitrogens is 6. The summed E-state index contributed by atoms with van der Waals surface area (Å²) in [7, 11) is -2.30. The van der Waals surface area contributed by atoms with Gasteiger partial charge in [-0.25, -0.2) is 18.6 Å². The molecule has 298 valence electrons. The van der Waals surface area contributed by atoms with Gasteiger partial charge in [0.2, 0.25) is 5.88 Å². The van der Waals surface area contributed by atoms with Crippen LogP contribution in [0.25, 0.3) is 44.0 Å². The molecule has 9 rings (SSSR count). The molecule has 3 aliphatic heterocycles. The lowest BCUT2D eigenvalue weighted by molar-refractivity contribution is 0.0706. The summed E-state index contributed by atoms with van der Waals surface area (Å²) in [4.78, 5) is 37.8. The van der Waals surface area contributed by atoms with Crippen LogP contribution in [0.3, 0.4) is 0 Å². The van der Waals surface area contributed by atoms with Crippen molar-refractivity contribution in [1.82, 2.24) is 35.0 Å². The van der Waals surface area contributed by atoms with E-state index >= 15 is 8.78 Å². The van der Waals surface area contributed by atoms with Gasteiger partial charge in [0.1, 0.15) is 53.4 Å². The number of piperazine rings is 1. The number of carboxylic acid groups (broad SMARTS) is 1. The monoisotopic (exact) mass is 802 g/mol. The SMILES string of the molecule is CC1Oc2nc(-c3cccc4ccc(F)c(C#C[Si](C(C)C)(C(C)C)C(C)C)c34)c(F)c3nc(On4nnc5ccccc54)nc(c23)N2CC3CCC(C12)N3C(=O)O. The topological polar surface area (TPSA) is 132 Å². The van der Waals surface area contributed by atoms with Crippen LogP contribution in [0, 0.1) is 23.1 Å². The maximum atomic E-state index is 17.7. The average Bonchev–Trinajstić information content (AvgIpc) is 3.70. The first-order chi connectivity index (χ1) is 27.8. The summed E-state index contributed by atoms with van der Waals surface area (Å²) in [6.45, 7) is 15.4. The van der Waals surface area contributed by atoms with E-state index in [1.54, 1.807) is 30.3 Å². The fourth-order valence-electron chi connectivity index (χ4n) is 10.2. The van der Waals surface area contributed by atoms with Gasteiger partial charge in [0.15, 0.2) is 5.82 Å². The van der Waals surface area contributed by atoms with Gasteiger partial charge in [0, 0.05) is 17.5 Å². The fraction of sp³-hybridized carbons (Fsp3) is 0.395. The van der Waals surface area contributed by atoms with Crippen LogP contribution in [0.15, 0.2) is 54.6 Å². The van der Waals surface area contributed by atoms with E-state index in [1.165, 1.54) is 15.8 Å². The summed E-state index contributed by atoms with van der Waals surface area (Å²) in [5.74, 6) is 2.40. The Bertz CT molecular complexity index is 2690. The minimum absolute atomic E-state index is 0.0747. The third-order valence-corrected chi connectivity index (χ3v) is 19.0. The van der Waals surface area contributed by atoms with Crippen molar-refractivity contribution in [3.8, 4) is 34.6 Å². The minimum Gasteiger partial charge on any atom is -0.472 e. The van der Waals surface area contributed by atoms with Gasteiger partial charge >= 0.3 is 12.1 Å². The highest BCUT2D eigenvalue weighted by Crippen LogP contribution is 2.47. The van der Waals surface area contributed by atoms with Crippen LogP contribution in [0.4, 0.5) is 19.4 Å². The zero-order valence-electron chi connectivity index (χ0n) is 33.4. The van der Waals surface area contributed by atoms with Gasteiger partial charge in [0.05, 0.1) is 23.7 Å². The Morgan fingerprint density at radius 1 is 0.948 bits per heavy atom. The molecule has 0 saturated carbocycles. The van der Waals surface area contributed by atoms with Crippen LogP contribution in [-0.4, -0.2) is 85.1 Å².